The Bertz CT molecular complexity index is 552. The molecule has 7 heteroatoms. The Hall–Kier alpha value is -0.707. The SMILES string of the molecule is CCC(CC)(CC)CCCCC(=O)[O-].CCC(CC)(CC)CCCCC(=O)[O-].CCC(CC)(CC)CCCCC(=O)[O-].[Bi+3]. The summed E-state index contributed by atoms with van der Waals surface area (Å²) in [5, 5.41) is 30.7. The van der Waals surface area contributed by atoms with Crippen molar-refractivity contribution in [2.24, 2.45) is 16.2 Å². The zero-order valence-electron chi connectivity index (χ0n) is 29.7. The first kappa shape index (κ1) is 49.2. The Morgan fingerprint density at radius 3 is 0.651 bits per heavy atom. The van der Waals surface area contributed by atoms with Crippen molar-refractivity contribution in [2.75, 3.05) is 0 Å². The number of hydrogen-bond acceptors (Lipinski definition) is 6. The van der Waals surface area contributed by atoms with Crippen molar-refractivity contribution in [3.8, 4) is 0 Å². The first-order chi connectivity index (χ1) is 19.8. The summed E-state index contributed by atoms with van der Waals surface area (Å²) in [7, 11) is 0. The Morgan fingerprint density at radius 1 is 0.372 bits per heavy atom. The van der Waals surface area contributed by atoms with Crippen LogP contribution in [0.25, 0.3) is 0 Å². The summed E-state index contributed by atoms with van der Waals surface area (Å²) in [5.41, 5.74) is 1.35. The molecule has 0 aromatic carbocycles. The van der Waals surface area contributed by atoms with E-state index in [2.05, 4.69) is 62.3 Å². The Balaban J connectivity index is -0.000000262. The smallest absolute Gasteiger partial charge is 0.550 e. The van der Waals surface area contributed by atoms with Crippen LogP contribution in [0, 0.1) is 16.2 Å². The molecule has 0 saturated heterocycles. The van der Waals surface area contributed by atoms with Crippen molar-refractivity contribution < 1.29 is 29.7 Å². The molecule has 0 aromatic heterocycles. The summed E-state index contributed by atoms with van der Waals surface area (Å²) in [4.78, 5) is 30.7. The molecular formula is C36H69BiO6. The van der Waals surface area contributed by atoms with E-state index in [-0.39, 0.29) is 45.5 Å². The van der Waals surface area contributed by atoms with Crippen molar-refractivity contribution in [3.05, 3.63) is 0 Å². The quantitative estimate of drug-likeness (QED) is 0.0755. The van der Waals surface area contributed by atoms with E-state index in [1.54, 1.807) is 0 Å². The number of carbonyl (C=O) groups is 3. The molecule has 0 aromatic rings. The topological polar surface area (TPSA) is 120 Å². The second-order valence-corrected chi connectivity index (χ2v) is 12.4. The van der Waals surface area contributed by atoms with Crippen LogP contribution in [0.15, 0.2) is 0 Å². The van der Waals surface area contributed by atoms with Gasteiger partial charge in [-0.05, 0) is 74.0 Å². The van der Waals surface area contributed by atoms with Gasteiger partial charge in [-0.15, -0.1) is 0 Å². The van der Waals surface area contributed by atoms with Crippen LogP contribution in [0.5, 0.6) is 0 Å². The van der Waals surface area contributed by atoms with Gasteiger partial charge in [0.15, 0.2) is 0 Å². The van der Waals surface area contributed by atoms with Gasteiger partial charge in [-0.25, -0.2) is 0 Å². The van der Waals surface area contributed by atoms with Crippen LogP contribution in [0.4, 0.5) is 0 Å². The van der Waals surface area contributed by atoms with E-state index in [0.29, 0.717) is 16.2 Å². The van der Waals surface area contributed by atoms with E-state index in [1.807, 2.05) is 0 Å². The van der Waals surface area contributed by atoms with Gasteiger partial charge in [0.2, 0.25) is 0 Å². The number of unbranched alkanes of at least 4 members (excludes halogenated alkanes) is 3. The average Bonchev–Trinajstić information content (AvgIpc) is 2.99. The van der Waals surface area contributed by atoms with E-state index in [1.165, 1.54) is 57.8 Å². The molecule has 0 unspecified atom stereocenters. The van der Waals surface area contributed by atoms with Gasteiger partial charge in [0.1, 0.15) is 0 Å². The number of carbonyl (C=O) groups excluding carboxylic acids is 3. The van der Waals surface area contributed by atoms with Crippen LogP contribution in [0.3, 0.4) is 0 Å². The maximum atomic E-state index is 10.2. The summed E-state index contributed by atoms with van der Waals surface area (Å²) in [5.74, 6) is -2.75. The third-order valence-electron chi connectivity index (χ3n) is 10.8. The fourth-order valence-corrected chi connectivity index (χ4v) is 6.15. The van der Waals surface area contributed by atoms with E-state index < -0.39 is 17.9 Å². The second-order valence-electron chi connectivity index (χ2n) is 12.4. The molecule has 0 spiro atoms. The molecular weight excluding hydrogens is 737 g/mol. The molecule has 43 heavy (non-hydrogen) atoms. The Kier molecular flexibility index (Phi) is 34.3. The maximum absolute atomic E-state index is 10.2. The van der Waals surface area contributed by atoms with Gasteiger partial charge >= 0.3 is 26.2 Å². The van der Waals surface area contributed by atoms with Gasteiger partial charge in [0.25, 0.3) is 0 Å². The molecule has 0 N–H and O–H groups in total. The zero-order valence-corrected chi connectivity index (χ0v) is 33.2. The average molecular weight is 807 g/mol. The Morgan fingerprint density at radius 2 is 0.535 bits per heavy atom. The standard InChI is InChI=1S/3C12H24O2.Bi/c3*1-4-12(5-2,6-3)10-8-7-9-11(13)14;/h3*4-10H2,1-3H3,(H,13,14);/q;;;+3/p-3. The molecule has 0 heterocycles. The van der Waals surface area contributed by atoms with E-state index in [0.717, 1.165) is 57.8 Å². The molecule has 0 aliphatic carbocycles. The fraction of sp³-hybridized carbons (Fsp3) is 0.917. The van der Waals surface area contributed by atoms with Crippen molar-refractivity contribution in [1.29, 1.82) is 0 Å². The molecule has 0 aliphatic heterocycles. The van der Waals surface area contributed by atoms with Crippen molar-refractivity contribution in [3.63, 3.8) is 0 Å². The maximum Gasteiger partial charge on any atom is 3.00 e. The van der Waals surface area contributed by atoms with Gasteiger partial charge in [0.05, 0.1) is 0 Å². The molecule has 6 nitrogen and oxygen atoms in total. The van der Waals surface area contributed by atoms with Gasteiger partial charge < -0.3 is 29.7 Å². The molecule has 0 rings (SSSR count). The molecule has 254 valence electrons. The van der Waals surface area contributed by atoms with Crippen LogP contribution < -0.4 is 15.3 Å². The van der Waals surface area contributed by atoms with Gasteiger partial charge in [-0.2, -0.15) is 0 Å². The number of aliphatic carboxylic acids is 3. The summed E-state index contributed by atoms with van der Waals surface area (Å²) in [6, 6.07) is 0. The minimum Gasteiger partial charge on any atom is -0.550 e. The number of carboxylic acid groups (broad SMARTS) is 3. The third kappa shape index (κ3) is 25.2. The summed E-state index contributed by atoms with van der Waals surface area (Å²) >= 11 is 0. The van der Waals surface area contributed by atoms with E-state index >= 15 is 0 Å². The summed E-state index contributed by atoms with van der Waals surface area (Å²) < 4.78 is 0. The second kappa shape index (κ2) is 30.0. The Labute approximate surface area is 286 Å². The molecule has 2 radical (unpaired) electrons. The van der Waals surface area contributed by atoms with Gasteiger partial charge in [0, 0.05) is 17.9 Å². The number of carboxylic acids is 3. The third-order valence-corrected chi connectivity index (χ3v) is 10.8. The molecule has 0 atom stereocenters. The molecule has 0 amide bonds. The van der Waals surface area contributed by atoms with Crippen molar-refractivity contribution >= 4 is 44.1 Å². The van der Waals surface area contributed by atoms with Gasteiger partial charge in [-0.1, -0.05) is 139 Å². The minimum atomic E-state index is -0.917. The molecule has 0 fully saturated rings. The first-order valence-electron chi connectivity index (χ1n) is 17.4. The predicted octanol–water partition coefficient (Wildman–Crippen LogP) is 7.16. The van der Waals surface area contributed by atoms with Crippen molar-refractivity contribution in [1.82, 2.24) is 0 Å². The van der Waals surface area contributed by atoms with Crippen LogP contribution in [0.2, 0.25) is 0 Å². The van der Waals surface area contributed by atoms with Crippen LogP contribution in [-0.2, 0) is 14.4 Å². The van der Waals surface area contributed by atoms with E-state index in [9.17, 15) is 29.7 Å². The monoisotopic (exact) mass is 806 g/mol. The summed E-state index contributed by atoms with van der Waals surface area (Å²) in [6.45, 7) is 20.1. The molecule has 0 aliphatic rings. The zero-order chi connectivity index (χ0) is 33.1. The van der Waals surface area contributed by atoms with Crippen LogP contribution >= 0.6 is 0 Å². The van der Waals surface area contributed by atoms with Crippen molar-refractivity contribution in [2.45, 2.75) is 197 Å². The minimum absolute atomic E-state index is 0. The number of hydrogen-bond donors (Lipinski definition) is 0. The molecule has 0 saturated carbocycles. The summed E-state index contributed by atoms with van der Waals surface area (Å²) in [6.07, 6.45) is 20.3. The largest absolute Gasteiger partial charge is 3.00 e. The van der Waals surface area contributed by atoms with E-state index in [4.69, 9.17) is 0 Å². The predicted molar refractivity (Wildman–Crippen MR) is 176 cm³/mol. The van der Waals surface area contributed by atoms with Gasteiger partial charge in [-0.3, -0.25) is 0 Å². The molecule has 0 bridgehead atoms. The van der Waals surface area contributed by atoms with Crippen LogP contribution in [-0.4, -0.2) is 44.1 Å². The number of rotatable bonds is 24. The van der Waals surface area contributed by atoms with Crippen LogP contribution in [0.1, 0.15) is 197 Å². The normalized spacial score (nSPS) is 11.4. The fourth-order valence-electron chi connectivity index (χ4n) is 6.15. The first-order valence-corrected chi connectivity index (χ1v) is 17.4.